The van der Waals surface area contributed by atoms with Crippen molar-refractivity contribution in [3.63, 3.8) is 0 Å². The van der Waals surface area contributed by atoms with Crippen molar-refractivity contribution in [2.45, 2.75) is 10.6 Å². The van der Waals surface area contributed by atoms with Crippen molar-refractivity contribution >= 4 is 54.8 Å². The highest BCUT2D eigenvalue weighted by Gasteiger charge is 2.17. The molecule has 1 heterocycles. The van der Waals surface area contributed by atoms with Gasteiger partial charge in [0.25, 0.3) is 5.91 Å². The van der Waals surface area contributed by atoms with Crippen molar-refractivity contribution in [3.05, 3.63) is 50.6 Å². The summed E-state index contributed by atoms with van der Waals surface area (Å²) in [7, 11) is -3.42. The second-order valence-electron chi connectivity index (χ2n) is 4.78. The number of carbonyl (C=O) groups is 1. The maximum absolute atomic E-state index is 12.2. The molecule has 23 heavy (non-hydrogen) atoms. The van der Waals surface area contributed by atoms with E-state index in [0.29, 0.717) is 6.54 Å². The maximum Gasteiger partial charge on any atom is 0.252 e. The van der Waals surface area contributed by atoms with Gasteiger partial charge in [-0.05, 0) is 40.2 Å². The Kier molecular flexibility index (Phi) is 6.70. The minimum atomic E-state index is -3.42. The third kappa shape index (κ3) is 5.63. The Morgan fingerprint density at radius 1 is 1.26 bits per heavy atom. The molecule has 2 aromatic rings. The standard InChI is InChI=1S/C15H16BrNO3S3/c1-23(19,20)13-5-3-2-4-12(13)15(18)17-8-9-21-10-11-6-7-14(16)22-11/h2-7H,8-10H2,1H3,(H,17,18). The Morgan fingerprint density at radius 2 is 2.00 bits per heavy atom. The van der Waals surface area contributed by atoms with E-state index in [1.54, 1.807) is 35.2 Å². The molecular weight excluding hydrogens is 418 g/mol. The molecule has 1 aromatic carbocycles. The fourth-order valence-corrected chi connectivity index (χ4v) is 5.25. The van der Waals surface area contributed by atoms with Crippen LogP contribution < -0.4 is 5.32 Å². The van der Waals surface area contributed by atoms with E-state index in [0.717, 1.165) is 21.5 Å². The van der Waals surface area contributed by atoms with Crippen molar-refractivity contribution in [3.8, 4) is 0 Å². The van der Waals surface area contributed by atoms with Crippen molar-refractivity contribution in [1.82, 2.24) is 5.32 Å². The Bertz CT molecular complexity index is 787. The first-order valence-corrected chi connectivity index (χ1v) is 11.4. The Balaban J connectivity index is 1.84. The highest BCUT2D eigenvalue weighted by Crippen LogP contribution is 2.25. The van der Waals surface area contributed by atoms with Gasteiger partial charge in [0.15, 0.2) is 9.84 Å². The van der Waals surface area contributed by atoms with E-state index < -0.39 is 9.84 Å². The molecule has 0 saturated carbocycles. The Hall–Kier alpha value is -0.830. The third-order valence-corrected chi connectivity index (χ3v) is 6.91. The number of thioether (sulfide) groups is 1. The van der Waals surface area contributed by atoms with Crippen LogP contribution in [0.3, 0.4) is 0 Å². The topological polar surface area (TPSA) is 63.2 Å². The van der Waals surface area contributed by atoms with Crippen molar-refractivity contribution in [1.29, 1.82) is 0 Å². The van der Waals surface area contributed by atoms with Crippen LogP contribution in [-0.2, 0) is 15.6 Å². The number of benzene rings is 1. The summed E-state index contributed by atoms with van der Waals surface area (Å²) in [6.07, 6.45) is 1.11. The van der Waals surface area contributed by atoms with Gasteiger partial charge in [-0.2, -0.15) is 11.8 Å². The van der Waals surface area contributed by atoms with Crippen molar-refractivity contribution in [2.24, 2.45) is 0 Å². The van der Waals surface area contributed by atoms with Gasteiger partial charge in [-0.25, -0.2) is 8.42 Å². The molecule has 2 rings (SSSR count). The summed E-state index contributed by atoms with van der Waals surface area (Å²) < 4.78 is 24.5. The SMILES string of the molecule is CS(=O)(=O)c1ccccc1C(=O)NCCSCc1ccc(Br)s1. The minimum Gasteiger partial charge on any atom is -0.351 e. The number of nitrogens with one attached hydrogen (secondary N) is 1. The lowest BCUT2D eigenvalue weighted by Gasteiger charge is -2.08. The lowest BCUT2D eigenvalue weighted by atomic mass is 10.2. The summed E-state index contributed by atoms with van der Waals surface area (Å²) in [5.41, 5.74) is 0.196. The van der Waals surface area contributed by atoms with E-state index in [-0.39, 0.29) is 16.4 Å². The average Bonchev–Trinajstić information content (AvgIpc) is 2.91. The van der Waals surface area contributed by atoms with Crippen molar-refractivity contribution < 1.29 is 13.2 Å². The van der Waals surface area contributed by atoms with E-state index >= 15 is 0 Å². The fourth-order valence-electron chi connectivity index (χ4n) is 1.91. The molecule has 1 amide bonds. The summed E-state index contributed by atoms with van der Waals surface area (Å²) in [4.78, 5) is 13.5. The van der Waals surface area contributed by atoms with Gasteiger partial charge in [-0.1, -0.05) is 12.1 Å². The van der Waals surface area contributed by atoms with Crippen LogP contribution in [0, 0.1) is 0 Å². The number of hydrogen-bond acceptors (Lipinski definition) is 5. The molecule has 0 bridgehead atoms. The summed E-state index contributed by atoms with van der Waals surface area (Å²) in [5.74, 6) is 1.31. The van der Waals surface area contributed by atoms with E-state index in [1.165, 1.54) is 17.0 Å². The van der Waals surface area contributed by atoms with Gasteiger partial charge in [-0.15, -0.1) is 11.3 Å². The number of sulfone groups is 1. The van der Waals surface area contributed by atoms with Gasteiger partial charge in [0.05, 0.1) is 14.2 Å². The average molecular weight is 434 g/mol. The molecule has 1 N–H and O–H groups in total. The van der Waals surface area contributed by atoms with Crippen LogP contribution in [0.5, 0.6) is 0 Å². The first-order chi connectivity index (χ1) is 10.9. The van der Waals surface area contributed by atoms with E-state index in [4.69, 9.17) is 0 Å². The van der Waals surface area contributed by atoms with Gasteiger partial charge in [-0.3, -0.25) is 4.79 Å². The van der Waals surface area contributed by atoms with Gasteiger partial charge >= 0.3 is 0 Å². The largest absolute Gasteiger partial charge is 0.351 e. The Morgan fingerprint density at radius 3 is 2.65 bits per heavy atom. The monoisotopic (exact) mass is 433 g/mol. The van der Waals surface area contributed by atoms with Crippen LogP contribution >= 0.6 is 39.0 Å². The molecule has 8 heteroatoms. The number of halogens is 1. The molecular formula is C15H16BrNO3S3. The molecule has 0 radical (unpaired) electrons. The molecule has 1 aromatic heterocycles. The molecule has 0 spiro atoms. The van der Waals surface area contributed by atoms with Crippen LogP contribution in [0.4, 0.5) is 0 Å². The van der Waals surface area contributed by atoms with Gasteiger partial charge in [0.2, 0.25) is 0 Å². The van der Waals surface area contributed by atoms with Crippen LogP contribution in [0.1, 0.15) is 15.2 Å². The number of rotatable bonds is 7. The second-order valence-corrected chi connectivity index (χ2v) is 10.4. The van der Waals surface area contributed by atoms with Gasteiger partial charge in [0, 0.05) is 29.2 Å². The lowest BCUT2D eigenvalue weighted by molar-refractivity contribution is 0.0953. The maximum atomic E-state index is 12.2. The molecule has 0 atom stereocenters. The molecule has 0 aliphatic heterocycles. The highest BCUT2D eigenvalue weighted by atomic mass is 79.9. The van der Waals surface area contributed by atoms with Crippen LogP contribution in [0.25, 0.3) is 0 Å². The summed E-state index contributed by atoms with van der Waals surface area (Å²) in [5, 5.41) is 2.77. The molecule has 0 fully saturated rings. The Labute approximate surface area is 152 Å². The number of hydrogen-bond donors (Lipinski definition) is 1. The minimum absolute atomic E-state index is 0.0635. The highest BCUT2D eigenvalue weighted by molar-refractivity contribution is 9.11. The molecule has 0 unspecified atom stereocenters. The zero-order valence-corrected chi connectivity index (χ0v) is 16.4. The molecule has 0 aliphatic carbocycles. The smallest absolute Gasteiger partial charge is 0.252 e. The molecule has 4 nitrogen and oxygen atoms in total. The summed E-state index contributed by atoms with van der Waals surface area (Å²) in [6.45, 7) is 0.494. The van der Waals surface area contributed by atoms with Crippen LogP contribution in [0.15, 0.2) is 45.1 Å². The first-order valence-electron chi connectivity index (χ1n) is 6.77. The second kappa shape index (κ2) is 8.32. The number of amides is 1. The predicted octanol–water partition coefficient (Wildman–Crippen LogP) is 3.58. The quantitative estimate of drug-likeness (QED) is 0.677. The summed E-state index contributed by atoms with van der Waals surface area (Å²) in [6, 6.07) is 10.3. The first kappa shape index (κ1) is 18.5. The molecule has 0 saturated heterocycles. The zero-order chi connectivity index (χ0) is 16.9. The molecule has 124 valence electrons. The number of carbonyl (C=O) groups excluding carboxylic acids is 1. The van der Waals surface area contributed by atoms with Gasteiger partial charge in [0.1, 0.15) is 0 Å². The summed E-state index contributed by atoms with van der Waals surface area (Å²) >= 11 is 6.84. The van der Waals surface area contributed by atoms with Crippen LogP contribution in [0.2, 0.25) is 0 Å². The normalized spacial score (nSPS) is 11.4. The third-order valence-electron chi connectivity index (χ3n) is 2.94. The van der Waals surface area contributed by atoms with E-state index in [2.05, 4.69) is 27.3 Å². The lowest BCUT2D eigenvalue weighted by Crippen LogP contribution is -2.27. The van der Waals surface area contributed by atoms with E-state index in [1.807, 2.05) is 6.07 Å². The predicted molar refractivity (Wildman–Crippen MR) is 100 cm³/mol. The number of thiophene rings is 1. The van der Waals surface area contributed by atoms with E-state index in [9.17, 15) is 13.2 Å². The van der Waals surface area contributed by atoms with Crippen LogP contribution in [-0.4, -0.2) is 32.9 Å². The van der Waals surface area contributed by atoms with Gasteiger partial charge < -0.3 is 5.32 Å². The van der Waals surface area contributed by atoms with Crippen molar-refractivity contribution in [2.75, 3.05) is 18.6 Å². The fraction of sp³-hybridized carbons (Fsp3) is 0.267. The molecule has 0 aliphatic rings. The zero-order valence-electron chi connectivity index (χ0n) is 12.4.